The average molecular weight is 541 g/mol. The Bertz CT molecular complexity index is 1670. The number of benzene rings is 2. The number of aromatic amines is 1. The fraction of sp³-hybridized carbons (Fsp3) is 0.414. The minimum absolute atomic E-state index is 0.0750. The van der Waals surface area contributed by atoms with Crippen molar-refractivity contribution in [3.05, 3.63) is 75.3 Å². The molecule has 200 valence electrons. The van der Waals surface area contributed by atoms with Gasteiger partial charge in [0.2, 0.25) is 0 Å². The Hall–Kier alpha value is -3.63. The molecule has 0 amide bonds. The number of hydrogen-bond donors (Lipinski definition) is 1. The van der Waals surface area contributed by atoms with Crippen LogP contribution in [0.1, 0.15) is 60.3 Å². The van der Waals surface area contributed by atoms with E-state index in [1.54, 1.807) is 11.3 Å². The number of nitrogens with one attached hydrogen (secondary N) is 1. The van der Waals surface area contributed by atoms with Crippen molar-refractivity contribution in [2.45, 2.75) is 51.6 Å². The Morgan fingerprint density at radius 1 is 1.03 bits per heavy atom. The number of thiazole rings is 1. The molecule has 1 N–H and O–H groups in total. The first-order valence-electron chi connectivity index (χ1n) is 13.8. The second kappa shape index (κ2) is 9.84. The summed E-state index contributed by atoms with van der Waals surface area (Å²) in [4.78, 5) is 26.5. The SMILES string of the molecule is Cc1cc(C)c2[nH]c(=O)c([C@@H](c3nnnn3C3CCCC3)N3CCN(c4nc5ccccc5s4)CC3)cc2c1. The number of aryl methyl sites for hydroxylation is 2. The van der Waals surface area contributed by atoms with Crippen LogP contribution in [-0.2, 0) is 0 Å². The number of piperazine rings is 1. The maximum Gasteiger partial charge on any atom is 0.253 e. The van der Waals surface area contributed by atoms with Gasteiger partial charge in [0.15, 0.2) is 11.0 Å². The summed E-state index contributed by atoms with van der Waals surface area (Å²) < 4.78 is 3.21. The molecule has 1 atom stereocenters. The molecule has 39 heavy (non-hydrogen) atoms. The molecule has 5 aromatic rings. The maximum atomic E-state index is 13.7. The maximum absolute atomic E-state index is 13.7. The molecule has 1 aliphatic carbocycles. The second-order valence-electron chi connectivity index (χ2n) is 10.9. The fourth-order valence-corrected chi connectivity index (χ4v) is 7.38. The molecular formula is C29H32N8OS. The number of anilines is 1. The van der Waals surface area contributed by atoms with Crippen LogP contribution >= 0.6 is 11.3 Å². The van der Waals surface area contributed by atoms with Crippen molar-refractivity contribution >= 4 is 37.6 Å². The first-order chi connectivity index (χ1) is 19.0. The van der Waals surface area contributed by atoms with Crippen molar-refractivity contribution in [2.24, 2.45) is 0 Å². The molecule has 2 fully saturated rings. The third-order valence-electron chi connectivity index (χ3n) is 8.28. The first-order valence-corrected chi connectivity index (χ1v) is 14.6. The zero-order chi connectivity index (χ0) is 26.5. The molecule has 2 aromatic carbocycles. The molecule has 10 heteroatoms. The van der Waals surface area contributed by atoms with Crippen molar-refractivity contribution in [1.29, 1.82) is 0 Å². The normalized spacial score (nSPS) is 17.9. The predicted molar refractivity (Wildman–Crippen MR) is 155 cm³/mol. The molecule has 3 aromatic heterocycles. The van der Waals surface area contributed by atoms with Crippen LogP contribution in [-0.4, -0.2) is 61.3 Å². The Labute approximate surface area is 230 Å². The summed E-state index contributed by atoms with van der Waals surface area (Å²) in [5.41, 5.74) is 4.82. The van der Waals surface area contributed by atoms with Crippen molar-refractivity contribution in [1.82, 2.24) is 35.1 Å². The number of para-hydroxylation sites is 1. The summed E-state index contributed by atoms with van der Waals surface area (Å²) >= 11 is 1.74. The van der Waals surface area contributed by atoms with Gasteiger partial charge < -0.3 is 9.88 Å². The molecule has 2 aliphatic rings. The summed E-state index contributed by atoms with van der Waals surface area (Å²) in [6, 6.07) is 14.6. The van der Waals surface area contributed by atoms with E-state index in [9.17, 15) is 4.79 Å². The van der Waals surface area contributed by atoms with Gasteiger partial charge in [-0.2, -0.15) is 0 Å². The van der Waals surface area contributed by atoms with E-state index in [0.29, 0.717) is 5.56 Å². The van der Waals surface area contributed by atoms with Gasteiger partial charge in [0.1, 0.15) is 6.04 Å². The topological polar surface area (TPSA) is 95.8 Å². The van der Waals surface area contributed by atoms with Crippen LogP contribution < -0.4 is 10.5 Å². The van der Waals surface area contributed by atoms with Gasteiger partial charge in [-0.3, -0.25) is 9.69 Å². The van der Waals surface area contributed by atoms with E-state index in [1.165, 1.54) is 23.1 Å². The van der Waals surface area contributed by atoms with E-state index in [4.69, 9.17) is 4.98 Å². The van der Waals surface area contributed by atoms with Crippen molar-refractivity contribution in [3.8, 4) is 0 Å². The van der Waals surface area contributed by atoms with Gasteiger partial charge in [0, 0.05) is 31.7 Å². The summed E-state index contributed by atoms with van der Waals surface area (Å²) in [5.74, 6) is 0.768. The quantitative estimate of drug-likeness (QED) is 0.343. The lowest BCUT2D eigenvalue weighted by Gasteiger charge is -2.38. The van der Waals surface area contributed by atoms with E-state index >= 15 is 0 Å². The minimum Gasteiger partial charge on any atom is -0.345 e. The second-order valence-corrected chi connectivity index (χ2v) is 11.9. The highest BCUT2D eigenvalue weighted by Gasteiger charge is 2.35. The van der Waals surface area contributed by atoms with Gasteiger partial charge in [-0.05, 0) is 72.3 Å². The number of tetrazole rings is 1. The number of rotatable bonds is 5. The number of H-pyrrole nitrogens is 1. The highest BCUT2D eigenvalue weighted by atomic mass is 32.1. The molecule has 0 spiro atoms. The lowest BCUT2D eigenvalue weighted by molar-refractivity contribution is 0.197. The van der Waals surface area contributed by atoms with E-state index in [2.05, 4.69) is 73.6 Å². The number of aromatic nitrogens is 6. The van der Waals surface area contributed by atoms with Crippen LogP contribution in [0.15, 0.2) is 47.3 Å². The average Bonchev–Trinajstić information content (AvgIpc) is 3.71. The molecule has 1 aliphatic heterocycles. The number of nitrogens with zero attached hydrogens (tertiary/aromatic N) is 7. The van der Waals surface area contributed by atoms with Gasteiger partial charge >= 0.3 is 0 Å². The van der Waals surface area contributed by atoms with E-state index < -0.39 is 0 Å². The Balaban J connectivity index is 1.27. The third-order valence-corrected chi connectivity index (χ3v) is 9.38. The van der Waals surface area contributed by atoms with Gasteiger partial charge in [-0.1, -0.05) is 47.9 Å². The lowest BCUT2D eigenvalue weighted by atomic mass is 10.00. The van der Waals surface area contributed by atoms with E-state index in [1.807, 2.05) is 17.7 Å². The Kier molecular flexibility index (Phi) is 6.16. The fourth-order valence-electron chi connectivity index (χ4n) is 6.36. The van der Waals surface area contributed by atoms with Crippen LogP contribution in [0.25, 0.3) is 21.1 Å². The molecule has 9 nitrogen and oxygen atoms in total. The van der Waals surface area contributed by atoms with Crippen molar-refractivity contribution in [2.75, 3.05) is 31.1 Å². The van der Waals surface area contributed by atoms with Crippen molar-refractivity contribution in [3.63, 3.8) is 0 Å². The summed E-state index contributed by atoms with van der Waals surface area (Å²) in [7, 11) is 0. The molecule has 0 unspecified atom stereocenters. The van der Waals surface area contributed by atoms with Gasteiger partial charge in [-0.15, -0.1) is 5.10 Å². The minimum atomic E-state index is -0.327. The first kappa shape index (κ1) is 24.4. The third kappa shape index (κ3) is 4.41. The van der Waals surface area contributed by atoms with E-state index in [-0.39, 0.29) is 17.6 Å². The zero-order valence-corrected chi connectivity index (χ0v) is 23.1. The molecule has 1 saturated carbocycles. The largest absolute Gasteiger partial charge is 0.345 e. The van der Waals surface area contributed by atoms with Crippen molar-refractivity contribution < 1.29 is 0 Å². The van der Waals surface area contributed by atoms with Crippen LogP contribution in [0, 0.1) is 13.8 Å². The number of hydrogen-bond acceptors (Lipinski definition) is 8. The van der Waals surface area contributed by atoms with Crippen LogP contribution in [0.3, 0.4) is 0 Å². The number of pyridine rings is 1. The number of fused-ring (bicyclic) bond motifs is 2. The van der Waals surface area contributed by atoms with Gasteiger partial charge in [0.25, 0.3) is 5.56 Å². The molecule has 1 saturated heterocycles. The lowest BCUT2D eigenvalue weighted by Crippen LogP contribution is -2.49. The molecule has 0 radical (unpaired) electrons. The zero-order valence-electron chi connectivity index (χ0n) is 22.3. The Morgan fingerprint density at radius 2 is 1.82 bits per heavy atom. The summed E-state index contributed by atoms with van der Waals surface area (Å²) in [6.07, 6.45) is 4.51. The van der Waals surface area contributed by atoms with Gasteiger partial charge in [-0.25, -0.2) is 9.67 Å². The Morgan fingerprint density at radius 3 is 2.62 bits per heavy atom. The molecule has 7 rings (SSSR count). The standard InChI is InChI=1S/C29H32N8OS/c1-18-15-19(2)25-20(16-18)17-22(28(38)31-25)26(27-32-33-34-37(27)21-7-3-4-8-21)35-11-13-36(14-12-35)29-30-23-9-5-6-10-24(23)39-29/h5-6,9-10,15-17,21,26H,3-4,7-8,11-14H2,1-2H3,(H,31,38)/t26-/m0/s1. The molecular weight excluding hydrogens is 508 g/mol. The van der Waals surface area contributed by atoms with E-state index in [0.717, 1.165) is 72.0 Å². The molecule has 4 heterocycles. The highest BCUT2D eigenvalue weighted by Crippen LogP contribution is 2.35. The summed E-state index contributed by atoms with van der Waals surface area (Å²) in [5, 5.41) is 15.2. The summed E-state index contributed by atoms with van der Waals surface area (Å²) in [6.45, 7) is 7.35. The predicted octanol–water partition coefficient (Wildman–Crippen LogP) is 4.77. The van der Waals surface area contributed by atoms with Crippen LogP contribution in [0.2, 0.25) is 0 Å². The van der Waals surface area contributed by atoms with Crippen LogP contribution in [0.5, 0.6) is 0 Å². The van der Waals surface area contributed by atoms with Crippen LogP contribution in [0.4, 0.5) is 5.13 Å². The monoisotopic (exact) mass is 540 g/mol. The smallest absolute Gasteiger partial charge is 0.253 e. The molecule has 0 bridgehead atoms. The highest BCUT2D eigenvalue weighted by molar-refractivity contribution is 7.22. The van der Waals surface area contributed by atoms with Gasteiger partial charge in [0.05, 0.1) is 21.8 Å².